The van der Waals surface area contributed by atoms with E-state index in [4.69, 9.17) is 10.5 Å². The highest BCUT2D eigenvalue weighted by Crippen LogP contribution is 2.30. The molecule has 0 aromatic carbocycles. The summed E-state index contributed by atoms with van der Waals surface area (Å²) in [7, 11) is 0. The molecule has 2 heteroatoms. The summed E-state index contributed by atoms with van der Waals surface area (Å²) in [4.78, 5) is 0. The summed E-state index contributed by atoms with van der Waals surface area (Å²) < 4.78 is 5.80. The molecule has 2 aliphatic rings. The zero-order chi connectivity index (χ0) is 8.39. The van der Waals surface area contributed by atoms with Crippen LogP contribution in [0, 0.1) is 5.92 Å². The van der Waals surface area contributed by atoms with Crippen LogP contribution < -0.4 is 5.73 Å². The molecular formula is C10H19NO. The average molecular weight is 169 g/mol. The number of hydrogen-bond donors (Lipinski definition) is 1. The Morgan fingerprint density at radius 1 is 1.00 bits per heavy atom. The van der Waals surface area contributed by atoms with Crippen LogP contribution in [0.25, 0.3) is 0 Å². The van der Waals surface area contributed by atoms with Gasteiger partial charge in [-0.25, -0.2) is 0 Å². The summed E-state index contributed by atoms with van der Waals surface area (Å²) in [6, 6.07) is 0.450. The Labute approximate surface area is 74.5 Å². The molecule has 2 nitrogen and oxygen atoms in total. The molecule has 2 aliphatic carbocycles. The Bertz CT molecular complexity index is 137. The van der Waals surface area contributed by atoms with Gasteiger partial charge in [0.25, 0.3) is 0 Å². The first-order valence-corrected chi connectivity index (χ1v) is 5.22. The van der Waals surface area contributed by atoms with Crippen LogP contribution in [-0.4, -0.2) is 18.8 Å². The molecular weight excluding hydrogens is 150 g/mol. The Morgan fingerprint density at radius 3 is 2.25 bits per heavy atom. The highest BCUT2D eigenvalue weighted by atomic mass is 16.5. The van der Waals surface area contributed by atoms with Crippen molar-refractivity contribution in [2.45, 2.75) is 50.7 Å². The molecule has 0 saturated heterocycles. The van der Waals surface area contributed by atoms with Crippen LogP contribution in [0.15, 0.2) is 0 Å². The second-order valence-electron chi connectivity index (χ2n) is 4.31. The van der Waals surface area contributed by atoms with E-state index in [0.29, 0.717) is 12.1 Å². The summed E-state index contributed by atoms with van der Waals surface area (Å²) in [6.07, 6.45) is 8.02. The van der Waals surface area contributed by atoms with Crippen LogP contribution in [0.1, 0.15) is 38.5 Å². The topological polar surface area (TPSA) is 35.2 Å². The molecule has 0 atom stereocenters. The van der Waals surface area contributed by atoms with Gasteiger partial charge in [-0.15, -0.1) is 0 Å². The Morgan fingerprint density at radius 2 is 1.67 bits per heavy atom. The first-order chi connectivity index (χ1) is 5.84. The van der Waals surface area contributed by atoms with E-state index in [2.05, 4.69) is 0 Å². The highest BCUT2D eigenvalue weighted by molar-refractivity contribution is 4.77. The standard InChI is InChI=1S/C10H19NO/c11-9-3-5-10(6-4-9)12-7-8-1-2-8/h8-10H,1-7,11H2. The van der Waals surface area contributed by atoms with Crippen molar-refractivity contribution in [2.75, 3.05) is 6.61 Å². The van der Waals surface area contributed by atoms with Gasteiger partial charge in [0.05, 0.1) is 6.10 Å². The number of nitrogens with two attached hydrogens (primary N) is 1. The zero-order valence-corrected chi connectivity index (χ0v) is 7.67. The van der Waals surface area contributed by atoms with Gasteiger partial charge in [-0.3, -0.25) is 0 Å². The number of rotatable bonds is 3. The summed E-state index contributed by atoms with van der Waals surface area (Å²) in [6.45, 7) is 1.01. The molecule has 2 saturated carbocycles. The van der Waals surface area contributed by atoms with E-state index in [9.17, 15) is 0 Å². The number of hydrogen-bond acceptors (Lipinski definition) is 2. The molecule has 2 rings (SSSR count). The monoisotopic (exact) mass is 169 g/mol. The SMILES string of the molecule is NC1CCC(OCC2CC2)CC1. The van der Waals surface area contributed by atoms with Gasteiger partial charge in [0.1, 0.15) is 0 Å². The molecule has 0 radical (unpaired) electrons. The third kappa shape index (κ3) is 2.46. The Balaban J connectivity index is 1.60. The average Bonchev–Trinajstić information content (AvgIpc) is 2.87. The first-order valence-electron chi connectivity index (χ1n) is 5.22. The van der Waals surface area contributed by atoms with Crippen molar-refractivity contribution in [2.24, 2.45) is 11.7 Å². The molecule has 70 valence electrons. The van der Waals surface area contributed by atoms with Crippen molar-refractivity contribution in [3.05, 3.63) is 0 Å². The van der Waals surface area contributed by atoms with E-state index in [1.807, 2.05) is 0 Å². The predicted molar refractivity (Wildman–Crippen MR) is 48.9 cm³/mol. The lowest BCUT2D eigenvalue weighted by Gasteiger charge is -2.26. The van der Waals surface area contributed by atoms with E-state index in [1.54, 1.807) is 0 Å². The zero-order valence-electron chi connectivity index (χ0n) is 7.67. The Kier molecular flexibility index (Phi) is 2.66. The van der Waals surface area contributed by atoms with Crippen LogP contribution in [0.2, 0.25) is 0 Å². The smallest absolute Gasteiger partial charge is 0.0576 e. The van der Waals surface area contributed by atoms with Crippen molar-refractivity contribution in [1.29, 1.82) is 0 Å². The molecule has 0 aromatic rings. The van der Waals surface area contributed by atoms with Gasteiger partial charge in [-0.05, 0) is 44.4 Å². The van der Waals surface area contributed by atoms with Crippen molar-refractivity contribution >= 4 is 0 Å². The molecule has 0 aliphatic heterocycles. The second-order valence-corrected chi connectivity index (χ2v) is 4.31. The van der Waals surface area contributed by atoms with Gasteiger partial charge in [-0.2, -0.15) is 0 Å². The molecule has 0 amide bonds. The fraction of sp³-hybridized carbons (Fsp3) is 1.00. The molecule has 0 unspecified atom stereocenters. The minimum absolute atomic E-state index is 0.450. The van der Waals surface area contributed by atoms with Crippen molar-refractivity contribution in [3.8, 4) is 0 Å². The minimum Gasteiger partial charge on any atom is -0.378 e. The maximum absolute atomic E-state index is 5.81. The molecule has 2 N–H and O–H groups in total. The van der Waals surface area contributed by atoms with Crippen LogP contribution >= 0.6 is 0 Å². The highest BCUT2D eigenvalue weighted by Gasteiger charge is 2.24. The summed E-state index contributed by atoms with van der Waals surface area (Å²) in [5.74, 6) is 0.903. The third-order valence-corrected chi connectivity index (χ3v) is 2.98. The normalized spacial score (nSPS) is 36.8. The predicted octanol–water partition coefficient (Wildman–Crippen LogP) is 1.68. The fourth-order valence-corrected chi connectivity index (χ4v) is 1.81. The van der Waals surface area contributed by atoms with Crippen LogP contribution in [0.5, 0.6) is 0 Å². The van der Waals surface area contributed by atoms with Crippen LogP contribution in [0.3, 0.4) is 0 Å². The van der Waals surface area contributed by atoms with Crippen molar-refractivity contribution in [1.82, 2.24) is 0 Å². The summed E-state index contributed by atoms with van der Waals surface area (Å²) in [5, 5.41) is 0. The maximum Gasteiger partial charge on any atom is 0.0576 e. The lowest BCUT2D eigenvalue weighted by atomic mass is 9.94. The molecule has 0 aromatic heterocycles. The lowest BCUT2D eigenvalue weighted by molar-refractivity contribution is 0.0191. The molecule has 0 bridgehead atoms. The van der Waals surface area contributed by atoms with Crippen molar-refractivity contribution < 1.29 is 4.74 Å². The summed E-state index contributed by atoms with van der Waals surface area (Å²) in [5.41, 5.74) is 5.81. The van der Waals surface area contributed by atoms with Crippen LogP contribution in [-0.2, 0) is 4.74 Å². The van der Waals surface area contributed by atoms with Gasteiger partial charge < -0.3 is 10.5 Å². The molecule has 2 fully saturated rings. The number of ether oxygens (including phenoxy) is 1. The quantitative estimate of drug-likeness (QED) is 0.697. The summed E-state index contributed by atoms with van der Waals surface area (Å²) >= 11 is 0. The largest absolute Gasteiger partial charge is 0.378 e. The van der Waals surface area contributed by atoms with Crippen molar-refractivity contribution in [3.63, 3.8) is 0 Å². The van der Waals surface area contributed by atoms with E-state index >= 15 is 0 Å². The van der Waals surface area contributed by atoms with Gasteiger partial charge >= 0.3 is 0 Å². The van der Waals surface area contributed by atoms with Gasteiger partial charge in [0, 0.05) is 12.6 Å². The van der Waals surface area contributed by atoms with Crippen LogP contribution in [0.4, 0.5) is 0 Å². The van der Waals surface area contributed by atoms with E-state index in [0.717, 1.165) is 25.4 Å². The van der Waals surface area contributed by atoms with Gasteiger partial charge in [0.2, 0.25) is 0 Å². The minimum atomic E-state index is 0.450. The first kappa shape index (κ1) is 8.52. The van der Waals surface area contributed by atoms with Gasteiger partial charge in [-0.1, -0.05) is 0 Å². The fourth-order valence-electron chi connectivity index (χ4n) is 1.81. The third-order valence-electron chi connectivity index (χ3n) is 2.98. The maximum atomic E-state index is 5.81. The molecule has 12 heavy (non-hydrogen) atoms. The van der Waals surface area contributed by atoms with E-state index in [1.165, 1.54) is 25.7 Å². The second kappa shape index (κ2) is 3.75. The van der Waals surface area contributed by atoms with E-state index < -0.39 is 0 Å². The molecule has 0 spiro atoms. The Hall–Kier alpha value is -0.0800. The lowest BCUT2D eigenvalue weighted by Crippen LogP contribution is -2.30. The molecule has 0 heterocycles. The van der Waals surface area contributed by atoms with Gasteiger partial charge in [0.15, 0.2) is 0 Å². The van der Waals surface area contributed by atoms with E-state index in [-0.39, 0.29) is 0 Å².